The molecular weight excluding hydrogens is 393 g/mol. The molecule has 1 unspecified atom stereocenters. The van der Waals surface area contributed by atoms with Gasteiger partial charge in [0.2, 0.25) is 0 Å². The minimum absolute atomic E-state index is 0. The number of ether oxygens (including phenoxy) is 2. The van der Waals surface area contributed by atoms with Crippen LogP contribution in [-0.4, -0.2) is 45.4 Å². The maximum Gasteiger partial charge on any atom is 0.191 e. The van der Waals surface area contributed by atoms with Crippen LogP contribution < -0.4 is 15.4 Å². The lowest BCUT2D eigenvalue weighted by atomic mass is 10.2. The molecule has 2 N–H and O–H groups in total. The Morgan fingerprint density at radius 1 is 1.18 bits per heavy atom. The van der Waals surface area contributed by atoms with Gasteiger partial charge in [-0.25, -0.2) is 4.99 Å². The van der Waals surface area contributed by atoms with Crippen molar-refractivity contribution < 1.29 is 9.47 Å². The van der Waals surface area contributed by atoms with Crippen LogP contribution in [0.1, 0.15) is 20.3 Å². The third-order valence-corrected chi connectivity index (χ3v) is 2.90. The van der Waals surface area contributed by atoms with Gasteiger partial charge in [-0.15, -0.1) is 24.0 Å². The zero-order chi connectivity index (χ0) is 15.3. The summed E-state index contributed by atoms with van der Waals surface area (Å²) in [6, 6.07) is 9.86. The van der Waals surface area contributed by atoms with Crippen LogP contribution in [0.2, 0.25) is 0 Å². The van der Waals surface area contributed by atoms with Crippen LogP contribution in [-0.2, 0) is 4.74 Å². The molecule has 0 aliphatic rings. The molecule has 0 fully saturated rings. The number of hydrogen-bond acceptors (Lipinski definition) is 3. The number of guanidine groups is 1. The van der Waals surface area contributed by atoms with Gasteiger partial charge < -0.3 is 20.1 Å². The second-order valence-corrected chi connectivity index (χ2v) is 4.60. The summed E-state index contributed by atoms with van der Waals surface area (Å²) in [6.45, 7) is 6.99. The second-order valence-electron chi connectivity index (χ2n) is 4.60. The van der Waals surface area contributed by atoms with Crippen molar-refractivity contribution in [2.24, 2.45) is 4.99 Å². The quantitative estimate of drug-likeness (QED) is 0.279. The van der Waals surface area contributed by atoms with Gasteiger partial charge in [-0.2, -0.15) is 0 Å². The first kappa shape index (κ1) is 21.0. The van der Waals surface area contributed by atoms with E-state index in [9.17, 15) is 0 Å². The third-order valence-electron chi connectivity index (χ3n) is 2.90. The average Bonchev–Trinajstić information content (AvgIpc) is 2.52. The lowest BCUT2D eigenvalue weighted by molar-refractivity contribution is 0.202. The number of nitrogens with zero attached hydrogens (tertiary/aromatic N) is 1. The summed E-state index contributed by atoms with van der Waals surface area (Å²) in [6.07, 6.45) is 0.987. The average molecular weight is 421 g/mol. The van der Waals surface area contributed by atoms with Crippen LogP contribution in [0.5, 0.6) is 5.75 Å². The van der Waals surface area contributed by atoms with Gasteiger partial charge in [0.15, 0.2) is 5.96 Å². The van der Waals surface area contributed by atoms with E-state index in [1.807, 2.05) is 37.3 Å². The number of nitrogens with one attached hydrogen (secondary N) is 2. The van der Waals surface area contributed by atoms with Gasteiger partial charge in [0.1, 0.15) is 11.9 Å². The van der Waals surface area contributed by atoms with E-state index in [1.165, 1.54) is 0 Å². The van der Waals surface area contributed by atoms with E-state index in [-0.39, 0.29) is 30.1 Å². The molecule has 0 spiro atoms. The standard InChI is InChI=1S/C16H27N3O2.HI/c1-4-14(21-15-9-7-6-8-10-15)13-19-16(17-5-2)18-11-12-20-3;/h6-10,14H,4-5,11-13H2,1-3H3,(H2,17,18,19);1H. The smallest absolute Gasteiger partial charge is 0.191 e. The van der Waals surface area contributed by atoms with Crippen LogP contribution in [0, 0.1) is 0 Å². The first-order chi connectivity index (χ1) is 10.3. The summed E-state index contributed by atoms with van der Waals surface area (Å²) in [4.78, 5) is 4.57. The van der Waals surface area contributed by atoms with Gasteiger partial charge in [0.05, 0.1) is 13.2 Å². The number of halogens is 1. The van der Waals surface area contributed by atoms with Crippen LogP contribution in [0.25, 0.3) is 0 Å². The summed E-state index contributed by atoms with van der Waals surface area (Å²) < 4.78 is 11.0. The highest BCUT2D eigenvalue weighted by Crippen LogP contribution is 2.12. The van der Waals surface area contributed by atoms with Gasteiger partial charge in [0, 0.05) is 20.2 Å². The number of aliphatic imine (C=N–C) groups is 1. The van der Waals surface area contributed by atoms with Crippen molar-refractivity contribution in [1.82, 2.24) is 10.6 Å². The minimum atomic E-state index is 0. The zero-order valence-electron chi connectivity index (χ0n) is 13.7. The number of benzene rings is 1. The summed E-state index contributed by atoms with van der Waals surface area (Å²) in [5.74, 6) is 1.68. The largest absolute Gasteiger partial charge is 0.489 e. The van der Waals surface area contributed by atoms with Crippen LogP contribution in [0.3, 0.4) is 0 Å². The number of rotatable bonds is 9. The van der Waals surface area contributed by atoms with E-state index in [2.05, 4.69) is 22.5 Å². The predicted octanol–water partition coefficient (Wildman–Crippen LogP) is 2.66. The molecule has 0 bridgehead atoms. The molecule has 22 heavy (non-hydrogen) atoms. The first-order valence-electron chi connectivity index (χ1n) is 7.53. The molecule has 0 heterocycles. The van der Waals surface area contributed by atoms with E-state index in [0.29, 0.717) is 13.2 Å². The summed E-state index contributed by atoms with van der Waals surface area (Å²) in [5.41, 5.74) is 0. The molecule has 0 aromatic heterocycles. The highest BCUT2D eigenvalue weighted by molar-refractivity contribution is 14.0. The Morgan fingerprint density at radius 2 is 1.91 bits per heavy atom. The lowest BCUT2D eigenvalue weighted by Gasteiger charge is -2.17. The van der Waals surface area contributed by atoms with Gasteiger partial charge >= 0.3 is 0 Å². The molecule has 5 nitrogen and oxygen atoms in total. The second kappa shape index (κ2) is 13.6. The summed E-state index contributed by atoms with van der Waals surface area (Å²) in [7, 11) is 1.69. The molecule has 1 atom stereocenters. The normalized spacial score (nSPS) is 12.2. The topological polar surface area (TPSA) is 54.9 Å². The Kier molecular flexibility index (Phi) is 13.0. The van der Waals surface area contributed by atoms with Crippen molar-refractivity contribution in [1.29, 1.82) is 0 Å². The molecule has 1 aromatic carbocycles. The van der Waals surface area contributed by atoms with Gasteiger partial charge in [-0.1, -0.05) is 25.1 Å². The first-order valence-corrected chi connectivity index (χ1v) is 7.53. The highest BCUT2D eigenvalue weighted by Gasteiger charge is 2.08. The Bertz CT molecular complexity index is 402. The molecule has 0 amide bonds. The van der Waals surface area contributed by atoms with E-state index >= 15 is 0 Å². The van der Waals surface area contributed by atoms with E-state index < -0.39 is 0 Å². The fourth-order valence-electron chi connectivity index (χ4n) is 1.75. The number of methoxy groups -OCH3 is 1. The molecule has 0 saturated heterocycles. The third kappa shape index (κ3) is 9.09. The predicted molar refractivity (Wildman–Crippen MR) is 102 cm³/mol. The number of para-hydroxylation sites is 1. The molecule has 0 aliphatic carbocycles. The zero-order valence-corrected chi connectivity index (χ0v) is 16.0. The van der Waals surface area contributed by atoms with Crippen LogP contribution >= 0.6 is 24.0 Å². The Morgan fingerprint density at radius 3 is 2.50 bits per heavy atom. The minimum Gasteiger partial charge on any atom is -0.489 e. The van der Waals surface area contributed by atoms with E-state index in [4.69, 9.17) is 9.47 Å². The molecule has 0 radical (unpaired) electrons. The fourth-order valence-corrected chi connectivity index (χ4v) is 1.75. The van der Waals surface area contributed by atoms with Gasteiger partial charge in [-0.3, -0.25) is 0 Å². The van der Waals surface area contributed by atoms with E-state index in [0.717, 1.165) is 31.2 Å². The van der Waals surface area contributed by atoms with Gasteiger partial charge in [-0.05, 0) is 25.5 Å². The molecule has 6 heteroatoms. The molecule has 0 saturated carbocycles. The maximum absolute atomic E-state index is 5.93. The highest BCUT2D eigenvalue weighted by atomic mass is 127. The summed E-state index contributed by atoms with van der Waals surface area (Å²) >= 11 is 0. The van der Waals surface area contributed by atoms with Crippen LogP contribution in [0.4, 0.5) is 0 Å². The van der Waals surface area contributed by atoms with Crippen LogP contribution in [0.15, 0.2) is 35.3 Å². The van der Waals surface area contributed by atoms with Crippen molar-refractivity contribution in [3.8, 4) is 5.75 Å². The Labute approximate surface area is 150 Å². The van der Waals surface area contributed by atoms with Crippen molar-refractivity contribution in [3.63, 3.8) is 0 Å². The lowest BCUT2D eigenvalue weighted by Crippen LogP contribution is -2.39. The Balaban J connectivity index is 0.00000441. The fraction of sp³-hybridized carbons (Fsp3) is 0.562. The number of hydrogen-bond donors (Lipinski definition) is 2. The SMILES string of the molecule is CCNC(=NCC(CC)Oc1ccccc1)NCCOC.I. The van der Waals surface area contributed by atoms with Crippen molar-refractivity contribution in [3.05, 3.63) is 30.3 Å². The maximum atomic E-state index is 5.93. The molecule has 0 aliphatic heterocycles. The Hall–Kier alpha value is -1.02. The summed E-state index contributed by atoms with van der Waals surface area (Å²) in [5, 5.41) is 6.44. The van der Waals surface area contributed by atoms with Crippen molar-refractivity contribution in [2.75, 3.05) is 33.4 Å². The van der Waals surface area contributed by atoms with Gasteiger partial charge in [0.25, 0.3) is 0 Å². The molecular formula is C16H28IN3O2. The monoisotopic (exact) mass is 421 g/mol. The van der Waals surface area contributed by atoms with E-state index in [1.54, 1.807) is 7.11 Å². The van der Waals surface area contributed by atoms with Crippen molar-refractivity contribution in [2.45, 2.75) is 26.4 Å². The van der Waals surface area contributed by atoms with Crippen molar-refractivity contribution >= 4 is 29.9 Å². The molecule has 126 valence electrons. The molecule has 1 aromatic rings. The molecule has 1 rings (SSSR count).